The molecular weight excluding hydrogens is 328 g/mol. The largest absolute Gasteiger partial charge is 0.359 e. The van der Waals surface area contributed by atoms with Crippen LogP contribution < -0.4 is 5.32 Å². The van der Waals surface area contributed by atoms with Gasteiger partial charge in [0.15, 0.2) is 5.78 Å². The van der Waals surface area contributed by atoms with Crippen molar-refractivity contribution in [2.45, 2.75) is 32.7 Å². The smallest absolute Gasteiger partial charge is 0.213 e. The molecule has 2 atom stereocenters. The highest BCUT2D eigenvalue weighted by Crippen LogP contribution is 2.23. The number of nitrogens with zero attached hydrogens (tertiary/aromatic N) is 1. The van der Waals surface area contributed by atoms with Gasteiger partial charge in [-0.25, -0.2) is 0 Å². The fraction of sp³-hybridized carbons (Fsp3) is 0.286. The van der Waals surface area contributed by atoms with Crippen molar-refractivity contribution in [3.05, 3.63) is 88.1 Å². The second-order valence-corrected chi connectivity index (χ2v) is 6.29. The maximum Gasteiger partial charge on any atom is 0.213 e. The average molecular weight is 352 g/mol. The lowest BCUT2D eigenvalue weighted by Crippen LogP contribution is -2.27. The molecule has 2 aromatic carbocycles. The van der Waals surface area contributed by atoms with Crippen molar-refractivity contribution in [3.63, 3.8) is 0 Å². The highest BCUT2D eigenvalue weighted by Gasteiger charge is 2.26. The van der Waals surface area contributed by atoms with E-state index in [1.54, 1.807) is 25.1 Å². The number of rotatable bonds is 9. The van der Waals surface area contributed by atoms with Gasteiger partial charge in [0.05, 0.1) is 0 Å². The molecule has 136 valence electrons. The molecule has 0 aromatic heterocycles. The first-order valence-corrected chi connectivity index (χ1v) is 8.76. The van der Waals surface area contributed by atoms with Crippen LogP contribution in [-0.4, -0.2) is 16.7 Å². The van der Waals surface area contributed by atoms with Crippen LogP contribution in [0.2, 0.25) is 0 Å². The van der Waals surface area contributed by atoms with Gasteiger partial charge in [0.25, 0.3) is 0 Å². The Morgan fingerprint density at radius 2 is 1.69 bits per heavy atom. The number of hydrogen-bond donors (Lipinski definition) is 1. The number of ketones is 1. The molecule has 0 aliphatic carbocycles. The van der Waals surface area contributed by atoms with Gasteiger partial charge in [-0.2, -0.15) is 0 Å². The zero-order chi connectivity index (χ0) is 18.9. The van der Waals surface area contributed by atoms with E-state index >= 15 is 0 Å². The number of para-hydroxylation sites is 1. The topological polar surface area (TPSA) is 72.2 Å². The van der Waals surface area contributed by atoms with Crippen molar-refractivity contribution >= 4 is 11.5 Å². The SMILES string of the molecule is CCC(C/C(=C/C(=O)c1ccccc1)Nc1ccccc1)C(C)[N+](=O)[O-]. The molecule has 0 spiro atoms. The number of allylic oxidation sites excluding steroid dienone is 2. The summed E-state index contributed by atoms with van der Waals surface area (Å²) in [5.41, 5.74) is 2.13. The van der Waals surface area contributed by atoms with Crippen LogP contribution in [0.1, 0.15) is 37.0 Å². The number of hydrogen-bond acceptors (Lipinski definition) is 4. The summed E-state index contributed by atoms with van der Waals surface area (Å²) in [6.45, 7) is 3.55. The van der Waals surface area contributed by atoms with E-state index in [1.165, 1.54) is 0 Å². The molecule has 0 saturated carbocycles. The van der Waals surface area contributed by atoms with E-state index in [2.05, 4.69) is 5.32 Å². The lowest BCUT2D eigenvalue weighted by Gasteiger charge is -2.19. The lowest BCUT2D eigenvalue weighted by atomic mass is 9.92. The van der Waals surface area contributed by atoms with Gasteiger partial charge < -0.3 is 5.32 Å². The van der Waals surface area contributed by atoms with E-state index in [0.717, 1.165) is 5.69 Å². The molecule has 0 heterocycles. The summed E-state index contributed by atoms with van der Waals surface area (Å²) in [7, 11) is 0. The normalized spacial score (nSPS) is 13.7. The summed E-state index contributed by atoms with van der Waals surface area (Å²) >= 11 is 0. The van der Waals surface area contributed by atoms with Crippen molar-refractivity contribution in [3.8, 4) is 0 Å². The molecule has 0 aliphatic rings. The number of nitro groups is 1. The molecule has 0 saturated heterocycles. The second-order valence-electron chi connectivity index (χ2n) is 6.29. The predicted molar refractivity (Wildman–Crippen MR) is 104 cm³/mol. The van der Waals surface area contributed by atoms with Gasteiger partial charge in [-0.3, -0.25) is 14.9 Å². The molecule has 0 fully saturated rings. The third-order valence-corrected chi connectivity index (χ3v) is 4.46. The third kappa shape index (κ3) is 5.55. The Kier molecular flexibility index (Phi) is 7.09. The molecule has 0 radical (unpaired) electrons. The number of anilines is 1. The molecule has 1 N–H and O–H groups in total. The average Bonchev–Trinajstić information content (AvgIpc) is 2.66. The van der Waals surface area contributed by atoms with Crippen LogP contribution in [0.15, 0.2) is 72.4 Å². The molecule has 26 heavy (non-hydrogen) atoms. The molecule has 5 heteroatoms. The van der Waals surface area contributed by atoms with Crippen LogP contribution in [0.4, 0.5) is 5.69 Å². The monoisotopic (exact) mass is 352 g/mol. The van der Waals surface area contributed by atoms with E-state index in [1.807, 2.05) is 55.5 Å². The Balaban J connectivity index is 2.27. The Bertz CT molecular complexity index is 757. The van der Waals surface area contributed by atoms with Gasteiger partial charge in [-0.1, -0.05) is 55.5 Å². The first kappa shape index (κ1) is 19.4. The minimum absolute atomic E-state index is 0.118. The maximum atomic E-state index is 12.6. The van der Waals surface area contributed by atoms with Crippen LogP contribution in [-0.2, 0) is 0 Å². The van der Waals surface area contributed by atoms with Crippen LogP contribution >= 0.6 is 0 Å². The van der Waals surface area contributed by atoms with E-state index in [-0.39, 0.29) is 16.6 Å². The van der Waals surface area contributed by atoms with Crippen LogP contribution in [0.5, 0.6) is 0 Å². The molecule has 0 amide bonds. The Labute approximate surface area is 153 Å². The summed E-state index contributed by atoms with van der Waals surface area (Å²) in [6.07, 6.45) is 2.65. The second kappa shape index (κ2) is 9.51. The first-order valence-electron chi connectivity index (χ1n) is 8.76. The van der Waals surface area contributed by atoms with E-state index < -0.39 is 6.04 Å². The molecule has 2 aromatic rings. The van der Waals surface area contributed by atoms with Crippen LogP contribution in [0.25, 0.3) is 0 Å². The van der Waals surface area contributed by atoms with E-state index in [9.17, 15) is 14.9 Å². The minimum Gasteiger partial charge on any atom is -0.359 e. The Morgan fingerprint density at radius 3 is 2.23 bits per heavy atom. The van der Waals surface area contributed by atoms with Gasteiger partial charge >= 0.3 is 0 Å². The summed E-state index contributed by atoms with van der Waals surface area (Å²) in [4.78, 5) is 23.5. The minimum atomic E-state index is -0.673. The van der Waals surface area contributed by atoms with Crippen LogP contribution in [0, 0.1) is 16.0 Å². The summed E-state index contributed by atoms with van der Waals surface area (Å²) < 4.78 is 0. The Morgan fingerprint density at radius 1 is 1.12 bits per heavy atom. The maximum absolute atomic E-state index is 12.6. The molecule has 2 unspecified atom stereocenters. The zero-order valence-electron chi connectivity index (χ0n) is 15.1. The standard InChI is InChI=1S/C21H24N2O3/c1-3-17(16(2)23(25)26)14-20(22-19-12-8-5-9-13-19)15-21(24)18-10-6-4-7-11-18/h4-13,15-17,22H,3,14H2,1-2H3/b20-15-. The summed E-state index contributed by atoms with van der Waals surface area (Å²) in [5, 5.41) is 14.4. The predicted octanol–water partition coefficient (Wildman–Crippen LogP) is 4.95. The lowest BCUT2D eigenvalue weighted by molar-refractivity contribution is -0.527. The number of nitrogens with one attached hydrogen (secondary N) is 1. The molecule has 0 aliphatic heterocycles. The number of carbonyl (C=O) groups is 1. The van der Waals surface area contributed by atoms with Gasteiger partial charge in [0.2, 0.25) is 6.04 Å². The first-order chi connectivity index (χ1) is 12.5. The van der Waals surface area contributed by atoms with E-state index in [0.29, 0.717) is 24.1 Å². The third-order valence-electron chi connectivity index (χ3n) is 4.46. The van der Waals surface area contributed by atoms with Crippen molar-refractivity contribution in [2.75, 3.05) is 5.32 Å². The quantitative estimate of drug-likeness (QED) is 0.300. The van der Waals surface area contributed by atoms with Gasteiger partial charge in [0.1, 0.15) is 0 Å². The number of carbonyl (C=O) groups excluding carboxylic acids is 1. The molecular formula is C21H24N2O3. The highest BCUT2D eigenvalue weighted by molar-refractivity contribution is 6.05. The fourth-order valence-electron chi connectivity index (χ4n) is 2.81. The van der Waals surface area contributed by atoms with Crippen LogP contribution in [0.3, 0.4) is 0 Å². The van der Waals surface area contributed by atoms with Gasteiger partial charge in [0, 0.05) is 40.8 Å². The highest BCUT2D eigenvalue weighted by atomic mass is 16.6. The summed E-state index contributed by atoms with van der Waals surface area (Å²) in [5.74, 6) is -0.274. The molecule has 5 nitrogen and oxygen atoms in total. The van der Waals surface area contributed by atoms with Gasteiger partial charge in [-0.05, 0) is 25.0 Å². The zero-order valence-corrected chi connectivity index (χ0v) is 15.1. The molecule has 2 rings (SSSR count). The number of benzene rings is 2. The van der Waals surface area contributed by atoms with Gasteiger partial charge in [-0.15, -0.1) is 0 Å². The van der Waals surface area contributed by atoms with E-state index in [4.69, 9.17) is 0 Å². The Hall–Kier alpha value is -2.95. The van der Waals surface area contributed by atoms with Crippen molar-refractivity contribution < 1.29 is 9.72 Å². The molecule has 0 bridgehead atoms. The van der Waals surface area contributed by atoms with Crippen molar-refractivity contribution in [1.82, 2.24) is 0 Å². The van der Waals surface area contributed by atoms with Crippen molar-refractivity contribution in [1.29, 1.82) is 0 Å². The van der Waals surface area contributed by atoms with Crippen molar-refractivity contribution in [2.24, 2.45) is 5.92 Å². The fourth-order valence-corrected chi connectivity index (χ4v) is 2.81. The summed E-state index contributed by atoms with van der Waals surface area (Å²) in [6, 6.07) is 17.8.